The molecule has 3 N–H and O–H groups in total. The van der Waals surface area contributed by atoms with E-state index < -0.39 is 12.0 Å². The summed E-state index contributed by atoms with van der Waals surface area (Å²) in [6.45, 7) is 0. The molecule has 1 rings (SSSR count). The third kappa shape index (κ3) is 2.06. The van der Waals surface area contributed by atoms with Crippen LogP contribution in [0, 0.1) is 11.3 Å². The number of hydrogen-bond acceptors (Lipinski definition) is 4. The number of rotatable bonds is 3. The Labute approximate surface area is 80.8 Å². The van der Waals surface area contributed by atoms with Crippen LogP contribution in [-0.2, 0) is 0 Å². The van der Waals surface area contributed by atoms with Crippen molar-refractivity contribution in [1.29, 1.82) is 5.26 Å². The van der Waals surface area contributed by atoms with Crippen molar-refractivity contribution in [3.05, 3.63) is 29.6 Å². The number of nitrogens with two attached hydrogens (primary N) is 1. The van der Waals surface area contributed by atoms with Crippen LogP contribution in [0.4, 0.5) is 0 Å². The summed E-state index contributed by atoms with van der Waals surface area (Å²) in [6.07, 6.45) is 2.78. The van der Waals surface area contributed by atoms with Gasteiger partial charge < -0.3 is 10.8 Å². The zero-order chi connectivity index (χ0) is 10.6. The van der Waals surface area contributed by atoms with E-state index in [1.54, 1.807) is 0 Å². The predicted octanol–water partition coefficient (Wildman–Crippen LogP) is 0.693. The van der Waals surface area contributed by atoms with E-state index in [1.165, 1.54) is 18.5 Å². The molecule has 1 unspecified atom stereocenters. The van der Waals surface area contributed by atoms with Gasteiger partial charge in [-0.1, -0.05) is 0 Å². The minimum absolute atomic E-state index is 0.0512. The van der Waals surface area contributed by atoms with Gasteiger partial charge in [-0.3, -0.25) is 4.98 Å². The summed E-state index contributed by atoms with van der Waals surface area (Å²) in [5.74, 6) is -1.08. The fraction of sp³-hybridized carbons (Fsp3) is 0.222. The number of carbonyl (C=O) groups is 1. The highest BCUT2D eigenvalue weighted by molar-refractivity contribution is 5.89. The standard InChI is InChI=1S/C9H9N3O2/c10-3-1-8(11)6-2-4-12-5-7(6)9(13)14/h2,4-5,8H,1,11H2,(H,13,14). The molecule has 0 bridgehead atoms. The first-order chi connectivity index (χ1) is 6.66. The third-order valence-electron chi connectivity index (χ3n) is 1.80. The lowest BCUT2D eigenvalue weighted by atomic mass is 10.0. The maximum absolute atomic E-state index is 10.8. The van der Waals surface area contributed by atoms with Gasteiger partial charge in [0.25, 0.3) is 0 Å². The zero-order valence-electron chi connectivity index (χ0n) is 7.34. The largest absolute Gasteiger partial charge is 0.478 e. The highest BCUT2D eigenvalue weighted by atomic mass is 16.4. The lowest BCUT2D eigenvalue weighted by molar-refractivity contribution is 0.0694. The Morgan fingerprint density at radius 1 is 1.79 bits per heavy atom. The van der Waals surface area contributed by atoms with Gasteiger partial charge in [0, 0.05) is 18.4 Å². The summed E-state index contributed by atoms with van der Waals surface area (Å²) >= 11 is 0. The molecule has 0 aliphatic rings. The van der Waals surface area contributed by atoms with Gasteiger partial charge in [0.15, 0.2) is 0 Å². The number of aromatic nitrogens is 1. The van der Waals surface area contributed by atoms with E-state index >= 15 is 0 Å². The Balaban J connectivity index is 3.08. The molecule has 0 fully saturated rings. The van der Waals surface area contributed by atoms with Crippen LogP contribution >= 0.6 is 0 Å². The van der Waals surface area contributed by atoms with Crippen LogP contribution < -0.4 is 5.73 Å². The Morgan fingerprint density at radius 3 is 3.07 bits per heavy atom. The molecule has 1 atom stereocenters. The molecule has 1 heterocycles. The number of carboxylic acids is 1. The second-order valence-corrected chi connectivity index (χ2v) is 2.74. The quantitative estimate of drug-likeness (QED) is 0.732. The van der Waals surface area contributed by atoms with E-state index in [-0.39, 0.29) is 12.0 Å². The van der Waals surface area contributed by atoms with Crippen LogP contribution in [0.3, 0.4) is 0 Å². The van der Waals surface area contributed by atoms with Crippen molar-refractivity contribution < 1.29 is 9.90 Å². The molecule has 1 aromatic heterocycles. The van der Waals surface area contributed by atoms with Crippen LogP contribution in [0.15, 0.2) is 18.5 Å². The van der Waals surface area contributed by atoms with E-state index in [0.29, 0.717) is 5.56 Å². The van der Waals surface area contributed by atoms with E-state index in [1.807, 2.05) is 6.07 Å². The molecule has 0 amide bonds. The molecule has 0 aliphatic carbocycles. The monoisotopic (exact) mass is 191 g/mol. The Hall–Kier alpha value is -1.93. The van der Waals surface area contributed by atoms with Crippen LogP contribution in [0.1, 0.15) is 28.4 Å². The normalized spacial score (nSPS) is 11.7. The summed E-state index contributed by atoms with van der Waals surface area (Å²) in [4.78, 5) is 14.4. The Morgan fingerprint density at radius 2 is 2.50 bits per heavy atom. The van der Waals surface area contributed by atoms with Gasteiger partial charge in [0.2, 0.25) is 0 Å². The number of nitriles is 1. The average molecular weight is 191 g/mol. The number of nitrogens with zero attached hydrogens (tertiary/aromatic N) is 2. The number of pyridine rings is 1. The minimum Gasteiger partial charge on any atom is -0.478 e. The molecule has 0 spiro atoms. The van der Waals surface area contributed by atoms with Crippen molar-refractivity contribution in [2.24, 2.45) is 5.73 Å². The molecule has 1 aromatic rings. The van der Waals surface area contributed by atoms with E-state index in [2.05, 4.69) is 4.98 Å². The van der Waals surface area contributed by atoms with Gasteiger partial charge in [0.05, 0.1) is 18.1 Å². The highest BCUT2D eigenvalue weighted by Gasteiger charge is 2.15. The first-order valence-electron chi connectivity index (χ1n) is 3.96. The SMILES string of the molecule is N#CCC(N)c1ccncc1C(=O)O. The maximum Gasteiger partial charge on any atom is 0.337 e. The van der Waals surface area contributed by atoms with Crippen molar-refractivity contribution in [2.45, 2.75) is 12.5 Å². The maximum atomic E-state index is 10.8. The summed E-state index contributed by atoms with van der Waals surface area (Å²) in [6, 6.07) is 2.84. The molecular weight excluding hydrogens is 182 g/mol. The van der Waals surface area contributed by atoms with E-state index in [9.17, 15) is 4.79 Å². The van der Waals surface area contributed by atoms with Gasteiger partial charge in [-0.05, 0) is 11.6 Å². The second kappa shape index (κ2) is 4.35. The van der Waals surface area contributed by atoms with Gasteiger partial charge >= 0.3 is 5.97 Å². The third-order valence-corrected chi connectivity index (χ3v) is 1.80. The average Bonchev–Trinajstić information content (AvgIpc) is 2.18. The molecule has 5 heteroatoms. The molecule has 0 radical (unpaired) electrons. The smallest absolute Gasteiger partial charge is 0.337 e. The van der Waals surface area contributed by atoms with Crippen LogP contribution in [0.2, 0.25) is 0 Å². The lowest BCUT2D eigenvalue weighted by Crippen LogP contribution is -2.14. The summed E-state index contributed by atoms with van der Waals surface area (Å²) in [5.41, 5.74) is 6.12. The van der Waals surface area contributed by atoms with Gasteiger partial charge in [-0.2, -0.15) is 5.26 Å². The van der Waals surface area contributed by atoms with Crippen molar-refractivity contribution in [1.82, 2.24) is 4.98 Å². The second-order valence-electron chi connectivity index (χ2n) is 2.74. The van der Waals surface area contributed by atoms with Crippen molar-refractivity contribution in [3.8, 4) is 6.07 Å². The van der Waals surface area contributed by atoms with Crippen molar-refractivity contribution in [2.75, 3.05) is 0 Å². The van der Waals surface area contributed by atoms with Crippen LogP contribution in [-0.4, -0.2) is 16.1 Å². The molecular formula is C9H9N3O2. The number of aromatic carboxylic acids is 1. The molecule has 0 aromatic carbocycles. The topological polar surface area (TPSA) is 100 Å². The summed E-state index contributed by atoms with van der Waals surface area (Å²) in [7, 11) is 0. The number of carboxylic acid groups (broad SMARTS) is 1. The molecule has 0 saturated heterocycles. The molecule has 72 valence electrons. The fourth-order valence-electron chi connectivity index (χ4n) is 1.12. The molecule has 14 heavy (non-hydrogen) atoms. The van der Waals surface area contributed by atoms with E-state index in [0.717, 1.165) is 0 Å². The van der Waals surface area contributed by atoms with Crippen LogP contribution in [0.25, 0.3) is 0 Å². The molecule has 5 nitrogen and oxygen atoms in total. The highest BCUT2D eigenvalue weighted by Crippen LogP contribution is 2.17. The van der Waals surface area contributed by atoms with Gasteiger partial charge in [0.1, 0.15) is 0 Å². The minimum atomic E-state index is -1.08. The van der Waals surface area contributed by atoms with Gasteiger partial charge in [-0.15, -0.1) is 0 Å². The lowest BCUT2D eigenvalue weighted by Gasteiger charge is -2.09. The first kappa shape index (κ1) is 10.2. The van der Waals surface area contributed by atoms with Gasteiger partial charge in [-0.25, -0.2) is 4.79 Å². The number of hydrogen-bond donors (Lipinski definition) is 2. The zero-order valence-corrected chi connectivity index (χ0v) is 7.34. The Bertz CT molecular complexity index is 384. The summed E-state index contributed by atoms with van der Waals surface area (Å²) in [5, 5.41) is 17.2. The Kier molecular flexibility index (Phi) is 3.15. The predicted molar refractivity (Wildman–Crippen MR) is 48.4 cm³/mol. The van der Waals surface area contributed by atoms with Crippen molar-refractivity contribution >= 4 is 5.97 Å². The molecule has 0 aliphatic heterocycles. The first-order valence-corrected chi connectivity index (χ1v) is 3.96. The fourth-order valence-corrected chi connectivity index (χ4v) is 1.12. The van der Waals surface area contributed by atoms with Crippen LogP contribution in [0.5, 0.6) is 0 Å². The van der Waals surface area contributed by atoms with E-state index in [4.69, 9.17) is 16.1 Å². The molecule has 0 saturated carbocycles. The van der Waals surface area contributed by atoms with Crippen molar-refractivity contribution in [3.63, 3.8) is 0 Å². The summed E-state index contributed by atoms with van der Waals surface area (Å²) < 4.78 is 0.